The van der Waals surface area contributed by atoms with Gasteiger partial charge in [-0.1, -0.05) is 18.2 Å². The van der Waals surface area contributed by atoms with Gasteiger partial charge >= 0.3 is 5.69 Å². The molecule has 4 rings (SSSR count). The van der Waals surface area contributed by atoms with E-state index in [0.29, 0.717) is 31.2 Å². The molecule has 1 saturated heterocycles. The van der Waals surface area contributed by atoms with Crippen LogP contribution in [0.2, 0.25) is 0 Å². The number of anilines is 3. The van der Waals surface area contributed by atoms with Crippen molar-refractivity contribution in [1.29, 1.82) is 0 Å². The monoisotopic (exact) mass is 400 g/mol. The molecule has 0 amide bonds. The molecule has 3 heterocycles. The van der Waals surface area contributed by atoms with Gasteiger partial charge in [-0.25, -0.2) is 14.4 Å². The molecule has 0 saturated carbocycles. The predicted octanol–water partition coefficient (Wildman–Crippen LogP) is 2.91. The number of rotatable bonds is 5. The third-order valence-electron chi connectivity index (χ3n) is 4.87. The van der Waals surface area contributed by atoms with Gasteiger partial charge in [0.2, 0.25) is 5.82 Å². The molecule has 1 aromatic heterocycles. The number of hydrogen-bond acceptors (Lipinski definition) is 8. The van der Waals surface area contributed by atoms with Crippen LogP contribution in [0.5, 0.6) is 0 Å². The van der Waals surface area contributed by atoms with E-state index in [-0.39, 0.29) is 24.7 Å². The largest absolute Gasteiger partial charge is 0.376 e. The maximum absolute atomic E-state index is 14.8. The van der Waals surface area contributed by atoms with E-state index in [9.17, 15) is 14.5 Å². The Morgan fingerprint density at radius 2 is 2.03 bits per heavy atom. The molecule has 9 nitrogen and oxygen atoms in total. The van der Waals surface area contributed by atoms with Crippen LogP contribution < -0.4 is 9.91 Å². The van der Waals surface area contributed by atoms with Gasteiger partial charge in [-0.15, -0.1) is 0 Å². The predicted molar refractivity (Wildman–Crippen MR) is 107 cm³/mol. The van der Waals surface area contributed by atoms with E-state index in [1.807, 2.05) is 17.9 Å². The number of hydrazine groups is 1. The van der Waals surface area contributed by atoms with E-state index in [0.717, 1.165) is 5.84 Å². The van der Waals surface area contributed by atoms with Crippen LogP contribution in [-0.2, 0) is 4.74 Å². The maximum atomic E-state index is 14.8. The molecule has 1 unspecified atom stereocenters. The number of halogens is 1. The molecular weight excluding hydrogens is 379 g/mol. The van der Waals surface area contributed by atoms with Crippen molar-refractivity contribution in [3.8, 4) is 0 Å². The summed E-state index contributed by atoms with van der Waals surface area (Å²) < 4.78 is 20.0. The number of amidine groups is 1. The Balaban J connectivity index is 1.86. The molecule has 2 aromatic rings. The summed E-state index contributed by atoms with van der Waals surface area (Å²) in [5, 5.41) is 14.7. The molecule has 0 radical (unpaired) electrons. The second kappa shape index (κ2) is 8.10. The first-order valence-electron chi connectivity index (χ1n) is 9.34. The first kappa shape index (κ1) is 19.2. The summed E-state index contributed by atoms with van der Waals surface area (Å²) >= 11 is 0. The Bertz CT molecular complexity index is 925. The number of aliphatic imine (C=N–C) groups is 1. The average Bonchev–Trinajstić information content (AvgIpc) is 3.16. The third-order valence-corrected chi connectivity index (χ3v) is 4.87. The normalized spacial score (nSPS) is 19.9. The smallest absolute Gasteiger partial charge is 0.313 e. The summed E-state index contributed by atoms with van der Waals surface area (Å²) in [5.74, 6) is 1.38. The maximum Gasteiger partial charge on any atom is 0.313 e. The van der Waals surface area contributed by atoms with Crippen molar-refractivity contribution < 1.29 is 14.1 Å². The molecule has 0 bridgehead atoms. The van der Waals surface area contributed by atoms with Crippen LogP contribution in [0.3, 0.4) is 0 Å². The summed E-state index contributed by atoms with van der Waals surface area (Å²) in [5.41, 5.74) is 0.377. The van der Waals surface area contributed by atoms with Gasteiger partial charge in [0.1, 0.15) is 11.7 Å². The molecule has 1 atom stereocenters. The van der Waals surface area contributed by atoms with Crippen LogP contribution >= 0.6 is 0 Å². The highest BCUT2D eigenvalue weighted by atomic mass is 19.1. The van der Waals surface area contributed by atoms with E-state index >= 15 is 0 Å². The first-order valence-corrected chi connectivity index (χ1v) is 9.34. The molecular formula is C19H21FN6O3. The number of benzene rings is 1. The second-order valence-corrected chi connectivity index (χ2v) is 6.67. The molecule has 1 fully saturated rings. The summed E-state index contributed by atoms with van der Waals surface area (Å²) in [6.45, 7) is 3.58. The van der Waals surface area contributed by atoms with Gasteiger partial charge in [0.05, 0.1) is 30.4 Å². The standard InChI is InChI=1S/C19H21FN6O3/c1-14-21-9-10-23(14)18-8-7-16(26(27)28)19(22-18)25(15-5-3-2-4-6-15)24-11-12-29-13-17(24)20/h2-8,17H,9-13H2,1H3. The number of morpholine rings is 1. The molecule has 0 spiro atoms. The Kier molecular flexibility index (Phi) is 5.36. The lowest BCUT2D eigenvalue weighted by molar-refractivity contribution is -0.384. The topological polar surface area (TPSA) is 87.3 Å². The zero-order valence-electron chi connectivity index (χ0n) is 15.9. The minimum absolute atomic E-state index is 0.0583. The average molecular weight is 400 g/mol. The van der Waals surface area contributed by atoms with Crippen molar-refractivity contribution in [3.63, 3.8) is 0 Å². The lowest BCUT2D eigenvalue weighted by Gasteiger charge is -2.39. The number of hydrogen-bond donors (Lipinski definition) is 0. The summed E-state index contributed by atoms with van der Waals surface area (Å²) in [6, 6.07) is 12.0. The van der Waals surface area contributed by atoms with E-state index < -0.39 is 11.2 Å². The van der Waals surface area contributed by atoms with Crippen molar-refractivity contribution in [2.75, 3.05) is 42.8 Å². The van der Waals surface area contributed by atoms with Crippen LogP contribution in [0.1, 0.15) is 6.92 Å². The fourth-order valence-corrected chi connectivity index (χ4v) is 3.47. The van der Waals surface area contributed by atoms with E-state index in [1.54, 1.807) is 30.3 Å². The van der Waals surface area contributed by atoms with Crippen LogP contribution in [-0.4, -0.2) is 59.9 Å². The molecule has 2 aliphatic rings. The van der Waals surface area contributed by atoms with Crippen molar-refractivity contribution in [1.82, 2.24) is 9.99 Å². The lowest BCUT2D eigenvalue weighted by Crippen LogP contribution is -2.51. The molecule has 29 heavy (non-hydrogen) atoms. The van der Waals surface area contributed by atoms with Gasteiger partial charge < -0.3 is 9.64 Å². The van der Waals surface area contributed by atoms with E-state index in [4.69, 9.17) is 4.74 Å². The van der Waals surface area contributed by atoms with Crippen LogP contribution in [0.25, 0.3) is 0 Å². The quantitative estimate of drug-likeness (QED) is 0.433. The van der Waals surface area contributed by atoms with Crippen molar-refractivity contribution >= 4 is 28.8 Å². The number of ether oxygens (including phenoxy) is 1. The van der Waals surface area contributed by atoms with E-state index in [1.165, 1.54) is 16.1 Å². The van der Waals surface area contributed by atoms with Crippen LogP contribution in [0.4, 0.5) is 27.4 Å². The summed E-state index contributed by atoms with van der Waals surface area (Å²) in [7, 11) is 0. The van der Waals surface area contributed by atoms with Crippen molar-refractivity contribution in [2.45, 2.75) is 13.2 Å². The van der Waals surface area contributed by atoms with Gasteiger partial charge in [0.25, 0.3) is 0 Å². The Morgan fingerprint density at radius 1 is 1.24 bits per heavy atom. The highest BCUT2D eigenvalue weighted by molar-refractivity contribution is 5.97. The van der Waals surface area contributed by atoms with E-state index in [2.05, 4.69) is 9.98 Å². The second-order valence-electron chi connectivity index (χ2n) is 6.67. The first-order chi connectivity index (χ1) is 14.1. The summed E-state index contributed by atoms with van der Waals surface area (Å²) in [6.07, 6.45) is -1.45. The number of aromatic nitrogens is 1. The number of pyridine rings is 1. The number of para-hydroxylation sites is 1. The lowest BCUT2D eigenvalue weighted by atomic mass is 10.2. The zero-order chi connectivity index (χ0) is 20.4. The number of nitro groups is 1. The number of nitrogens with zero attached hydrogens (tertiary/aromatic N) is 6. The fraction of sp³-hybridized carbons (Fsp3) is 0.368. The zero-order valence-corrected chi connectivity index (χ0v) is 15.9. The van der Waals surface area contributed by atoms with Crippen molar-refractivity contribution in [3.05, 3.63) is 52.6 Å². The summed E-state index contributed by atoms with van der Waals surface area (Å²) in [4.78, 5) is 22.1. The van der Waals surface area contributed by atoms with Crippen LogP contribution in [0.15, 0.2) is 47.5 Å². The van der Waals surface area contributed by atoms with Gasteiger partial charge in [-0.3, -0.25) is 15.1 Å². The molecule has 10 heteroatoms. The Labute approximate surface area is 167 Å². The highest BCUT2D eigenvalue weighted by Crippen LogP contribution is 2.36. The third kappa shape index (κ3) is 3.76. The minimum Gasteiger partial charge on any atom is -0.376 e. The SMILES string of the molecule is CC1=NCCN1c1ccc([N+](=O)[O-])c(N(c2ccccc2)N2CCOCC2F)n1. The van der Waals surface area contributed by atoms with Gasteiger partial charge in [-0.2, -0.15) is 5.01 Å². The Morgan fingerprint density at radius 3 is 2.69 bits per heavy atom. The fourth-order valence-electron chi connectivity index (χ4n) is 3.47. The molecule has 2 aliphatic heterocycles. The molecule has 0 N–H and O–H groups in total. The van der Waals surface area contributed by atoms with Gasteiger partial charge in [0, 0.05) is 19.2 Å². The van der Waals surface area contributed by atoms with Gasteiger partial charge in [-0.05, 0) is 25.1 Å². The molecule has 152 valence electrons. The minimum atomic E-state index is -1.45. The highest BCUT2D eigenvalue weighted by Gasteiger charge is 2.35. The molecule has 1 aromatic carbocycles. The Hall–Kier alpha value is -3.11. The number of alkyl halides is 1. The van der Waals surface area contributed by atoms with Gasteiger partial charge in [0.15, 0.2) is 6.30 Å². The van der Waals surface area contributed by atoms with Crippen molar-refractivity contribution in [2.24, 2.45) is 4.99 Å². The van der Waals surface area contributed by atoms with Crippen LogP contribution in [0, 0.1) is 10.1 Å². The molecule has 0 aliphatic carbocycles.